The van der Waals surface area contributed by atoms with Gasteiger partial charge in [-0.2, -0.15) is 0 Å². The lowest BCUT2D eigenvalue weighted by molar-refractivity contribution is -0.120. The zero-order chi connectivity index (χ0) is 23.2. The largest absolute Gasteiger partial charge is 0.370 e. The summed E-state index contributed by atoms with van der Waals surface area (Å²) < 4.78 is 0. The Morgan fingerprint density at radius 3 is 2.19 bits per heavy atom. The number of ketones is 1. The summed E-state index contributed by atoms with van der Waals surface area (Å²) >= 11 is 0. The van der Waals surface area contributed by atoms with Crippen molar-refractivity contribution in [1.29, 1.82) is 0 Å². The SMILES string of the molecule is CC.CCCC(CC)CC(=O)CCCC1C#CC(c2ccccc2)=C(c2ccccc2)N1. The predicted molar refractivity (Wildman–Crippen MR) is 138 cm³/mol. The van der Waals surface area contributed by atoms with E-state index in [9.17, 15) is 4.79 Å². The Hall–Kier alpha value is -2.79. The lowest BCUT2D eigenvalue weighted by Gasteiger charge is -2.23. The Labute approximate surface area is 195 Å². The maximum Gasteiger partial charge on any atom is 0.133 e. The van der Waals surface area contributed by atoms with Gasteiger partial charge in [-0.1, -0.05) is 119 Å². The van der Waals surface area contributed by atoms with Crippen LogP contribution < -0.4 is 5.32 Å². The highest BCUT2D eigenvalue weighted by Gasteiger charge is 2.18. The third kappa shape index (κ3) is 7.72. The third-order valence-corrected chi connectivity index (χ3v) is 5.80. The summed E-state index contributed by atoms with van der Waals surface area (Å²) in [6, 6.07) is 20.8. The molecule has 0 aliphatic carbocycles. The van der Waals surface area contributed by atoms with Crippen LogP contribution in [0.4, 0.5) is 0 Å². The van der Waals surface area contributed by atoms with E-state index in [1.165, 1.54) is 0 Å². The van der Waals surface area contributed by atoms with Gasteiger partial charge in [0.15, 0.2) is 0 Å². The average molecular weight is 430 g/mol. The molecule has 2 atom stereocenters. The van der Waals surface area contributed by atoms with Gasteiger partial charge in [-0.25, -0.2) is 0 Å². The number of nitrogens with one attached hydrogen (secondary N) is 1. The molecule has 2 unspecified atom stereocenters. The van der Waals surface area contributed by atoms with Gasteiger partial charge in [0.1, 0.15) is 5.78 Å². The molecule has 3 rings (SSSR count). The van der Waals surface area contributed by atoms with E-state index in [0.717, 1.165) is 60.9 Å². The molecule has 0 amide bonds. The highest BCUT2D eigenvalue weighted by Crippen LogP contribution is 2.27. The molecule has 1 heterocycles. The molecular formula is C30H39NO. The van der Waals surface area contributed by atoms with Crippen molar-refractivity contribution in [2.45, 2.75) is 78.7 Å². The van der Waals surface area contributed by atoms with Gasteiger partial charge in [-0.15, -0.1) is 0 Å². The Balaban J connectivity index is 0.00000176. The summed E-state index contributed by atoms with van der Waals surface area (Å²) in [5.74, 6) is 7.75. The van der Waals surface area contributed by atoms with E-state index in [4.69, 9.17) is 0 Å². The number of hydrogen-bond acceptors (Lipinski definition) is 2. The second-order valence-electron chi connectivity index (χ2n) is 8.15. The number of Topliss-reactive ketones (excluding diaryl/α,β-unsaturated/α-hetero) is 1. The lowest BCUT2D eigenvalue weighted by Crippen LogP contribution is -2.29. The van der Waals surface area contributed by atoms with Crippen molar-refractivity contribution in [1.82, 2.24) is 5.32 Å². The molecule has 0 saturated heterocycles. The Kier molecular flexibility index (Phi) is 11.4. The van der Waals surface area contributed by atoms with Crippen molar-refractivity contribution in [2.24, 2.45) is 5.92 Å². The van der Waals surface area contributed by atoms with Crippen LogP contribution in [0.15, 0.2) is 60.7 Å². The second kappa shape index (κ2) is 14.3. The summed E-state index contributed by atoms with van der Waals surface area (Å²) in [7, 11) is 0. The van der Waals surface area contributed by atoms with E-state index in [1.54, 1.807) is 0 Å². The Morgan fingerprint density at radius 2 is 1.59 bits per heavy atom. The van der Waals surface area contributed by atoms with Gasteiger partial charge in [0.25, 0.3) is 0 Å². The molecule has 2 aromatic carbocycles. The van der Waals surface area contributed by atoms with E-state index in [-0.39, 0.29) is 6.04 Å². The standard InChI is InChI=1S/C28H33NO.C2H6/c1-3-12-22(4-2)21-26(30)18-11-17-25-19-20-27(23-13-7-5-8-14-23)28(29-25)24-15-9-6-10-16-24;1-2/h5-10,13-16,22,25,29H,3-4,11-12,17-18,21H2,1-2H3;1-2H3. The summed E-state index contributed by atoms with van der Waals surface area (Å²) in [5, 5.41) is 3.66. The van der Waals surface area contributed by atoms with Gasteiger partial charge < -0.3 is 5.32 Å². The van der Waals surface area contributed by atoms with E-state index < -0.39 is 0 Å². The van der Waals surface area contributed by atoms with Gasteiger partial charge >= 0.3 is 0 Å². The molecule has 0 spiro atoms. The first-order valence-electron chi connectivity index (χ1n) is 12.4. The molecular weight excluding hydrogens is 390 g/mol. The maximum absolute atomic E-state index is 12.4. The summed E-state index contributed by atoms with van der Waals surface area (Å²) in [6.45, 7) is 8.39. The molecule has 2 nitrogen and oxygen atoms in total. The number of rotatable bonds is 11. The molecule has 32 heavy (non-hydrogen) atoms. The van der Waals surface area contributed by atoms with Crippen molar-refractivity contribution in [3.8, 4) is 11.8 Å². The predicted octanol–water partition coefficient (Wildman–Crippen LogP) is 7.51. The minimum absolute atomic E-state index is 0.0816. The van der Waals surface area contributed by atoms with Gasteiger partial charge in [0.05, 0.1) is 17.3 Å². The van der Waals surface area contributed by atoms with Gasteiger partial charge in [0, 0.05) is 12.8 Å². The molecule has 0 saturated carbocycles. The maximum atomic E-state index is 12.4. The average Bonchev–Trinajstić information content (AvgIpc) is 2.86. The normalized spacial score (nSPS) is 15.6. The zero-order valence-electron chi connectivity index (χ0n) is 20.3. The molecule has 170 valence electrons. The van der Waals surface area contributed by atoms with Crippen LogP contribution in [0.3, 0.4) is 0 Å². The monoisotopic (exact) mass is 429 g/mol. The van der Waals surface area contributed by atoms with Crippen molar-refractivity contribution in [3.63, 3.8) is 0 Å². The van der Waals surface area contributed by atoms with Crippen molar-refractivity contribution < 1.29 is 4.79 Å². The molecule has 2 aromatic rings. The quantitative estimate of drug-likeness (QED) is 0.374. The van der Waals surface area contributed by atoms with Crippen LogP contribution in [0.5, 0.6) is 0 Å². The van der Waals surface area contributed by atoms with Gasteiger partial charge in [-0.3, -0.25) is 4.79 Å². The van der Waals surface area contributed by atoms with Crippen LogP contribution in [0.25, 0.3) is 11.3 Å². The van der Waals surface area contributed by atoms with E-state index >= 15 is 0 Å². The number of allylic oxidation sites excluding steroid dienone is 1. The summed E-state index contributed by atoms with van der Waals surface area (Å²) in [5.41, 5.74) is 4.41. The first-order chi connectivity index (χ1) is 15.7. The van der Waals surface area contributed by atoms with Crippen LogP contribution >= 0.6 is 0 Å². The molecule has 0 radical (unpaired) electrons. The lowest BCUT2D eigenvalue weighted by atomic mass is 9.92. The summed E-state index contributed by atoms with van der Waals surface area (Å²) in [6.07, 6.45) is 6.59. The molecule has 0 aromatic heterocycles. The number of benzene rings is 2. The first-order valence-corrected chi connectivity index (χ1v) is 12.4. The van der Waals surface area contributed by atoms with Crippen LogP contribution in [-0.4, -0.2) is 11.8 Å². The zero-order valence-corrected chi connectivity index (χ0v) is 20.3. The smallest absolute Gasteiger partial charge is 0.133 e. The number of carbonyl (C=O) groups excluding carboxylic acids is 1. The van der Waals surface area contributed by atoms with Crippen LogP contribution in [0.2, 0.25) is 0 Å². The first kappa shape index (κ1) is 25.5. The van der Waals surface area contributed by atoms with E-state index in [1.807, 2.05) is 38.1 Å². The van der Waals surface area contributed by atoms with Crippen LogP contribution in [0, 0.1) is 17.8 Å². The van der Waals surface area contributed by atoms with Crippen LogP contribution in [-0.2, 0) is 4.79 Å². The molecule has 0 bridgehead atoms. The molecule has 2 heteroatoms. The highest BCUT2D eigenvalue weighted by atomic mass is 16.1. The summed E-state index contributed by atoms with van der Waals surface area (Å²) in [4.78, 5) is 12.4. The molecule has 1 aliphatic heterocycles. The van der Waals surface area contributed by atoms with Crippen molar-refractivity contribution in [3.05, 3.63) is 71.8 Å². The topological polar surface area (TPSA) is 29.1 Å². The Bertz CT molecular complexity index is 902. The van der Waals surface area contributed by atoms with E-state index in [0.29, 0.717) is 18.1 Å². The molecule has 1 aliphatic rings. The van der Waals surface area contributed by atoms with Crippen LogP contribution in [0.1, 0.15) is 83.8 Å². The number of carbonyl (C=O) groups is 1. The van der Waals surface area contributed by atoms with Gasteiger partial charge in [0.2, 0.25) is 0 Å². The van der Waals surface area contributed by atoms with Gasteiger partial charge in [-0.05, 0) is 29.9 Å². The fraction of sp³-hybridized carbons (Fsp3) is 0.433. The van der Waals surface area contributed by atoms with Crippen molar-refractivity contribution in [2.75, 3.05) is 0 Å². The minimum atomic E-state index is 0.0816. The fourth-order valence-corrected chi connectivity index (χ4v) is 4.09. The minimum Gasteiger partial charge on any atom is -0.370 e. The van der Waals surface area contributed by atoms with E-state index in [2.05, 4.69) is 67.4 Å². The highest BCUT2D eigenvalue weighted by molar-refractivity contribution is 5.98. The Morgan fingerprint density at radius 1 is 0.969 bits per heavy atom. The third-order valence-electron chi connectivity index (χ3n) is 5.80. The molecule has 1 N–H and O–H groups in total. The molecule has 0 fully saturated rings. The number of hydrogen-bond donors (Lipinski definition) is 1. The van der Waals surface area contributed by atoms with Crippen molar-refractivity contribution >= 4 is 17.1 Å². The fourth-order valence-electron chi connectivity index (χ4n) is 4.09. The second-order valence-corrected chi connectivity index (χ2v) is 8.15.